The predicted octanol–water partition coefficient (Wildman–Crippen LogP) is 4.09. The lowest BCUT2D eigenvalue weighted by atomic mass is 10.1. The number of pyridine rings is 1. The summed E-state index contributed by atoms with van der Waals surface area (Å²) in [5, 5.41) is 4.76. The zero-order valence-electron chi connectivity index (χ0n) is 11.6. The second-order valence-corrected chi connectivity index (χ2v) is 5.01. The minimum absolute atomic E-state index is 0.329. The van der Waals surface area contributed by atoms with Crippen molar-refractivity contribution in [3.05, 3.63) is 78.0 Å². The Balaban J connectivity index is 1.77. The van der Waals surface area contributed by atoms with Gasteiger partial charge in [0.15, 0.2) is 0 Å². The van der Waals surface area contributed by atoms with Gasteiger partial charge in [-0.05, 0) is 24.1 Å². The van der Waals surface area contributed by atoms with Crippen LogP contribution in [0.25, 0.3) is 10.9 Å². The maximum Gasteiger partial charge on any atom is 0.0746 e. The van der Waals surface area contributed by atoms with Crippen molar-refractivity contribution in [1.29, 1.82) is 0 Å². The van der Waals surface area contributed by atoms with Crippen LogP contribution in [0.3, 0.4) is 0 Å². The van der Waals surface area contributed by atoms with E-state index >= 15 is 0 Å². The van der Waals surface area contributed by atoms with Gasteiger partial charge in [-0.15, -0.1) is 0 Å². The van der Waals surface area contributed by atoms with E-state index in [0.717, 1.165) is 12.1 Å². The van der Waals surface area contributed by atoms with Crippen molar-refractivity contribution in [2.75, 3.05) is 0 Å². The molecule has 0 aliphatic rings. The molecule has 0 fully saturated rings. The van der Waals surface area contributed by atoms with Crippen LogP contribution in [-0.2, 0) is 6.54 Å². The molecule has 0 spiro atoms. The molecule has 20 heavy (non-hydrogen) atoms. The molecule has 0 aliphatic heterocycles. The van der Waals surface area contributed by atoms with Crippen LogP contribution < -0.4 is 5.32 Å². The monoisotopic (exact) mass is 262 g/mol. The van der Waals surface area contributed by atoms with E-state index < -0.39 is 0 Å². The molecule has 0 unspecified atom stereocenters. The number of benzene rings is 2. The minimum Gasteiger partial charge on any atom is -0.306 e. The van der Waals surface area contributed by atoms with E-state index in [1.807, 2.05) is 18.3 Å². The highest BCUT2D eigenvalue weighted by Crippen LogP contribution is 2.17. The Morgan fingerprint density at radius 1 is 0.950 bits per heavy atom. The molecule has 3 rings (SSSR count). The SMILES string of the molecule is C[C@H](NCc1cccc2cccnc12)c1ccccc1. The molecule has 2 heteroatoms. The Morgan fingerprint density at radius 3 is 2.60 bits per heavy atom. The van der Waals surface area contributed by atoms with E-state index in [4.69, 9.17) is 0 Å². The topological polar surface area (TPSA) is 24.9 Å². The van der Waals surface area contributed by atoms with Crippen molar-refractivity contribution in [2.45, 2.75) is 19.5 Å². The second kappa shape index (κ2) is 5.85. The molecular formula is C18H18N2. The van der Waals surface area contributed by atoms with Gasteiger partial charge in [0.25, 0.3) is 0 Å². The number of nitrogens with one attached hydrogen (secondary N) is 1. The number of rotatable bonds is 4. The molecule has 0 aliphatic carbocycles. The zero-order valence-corrected chi connectivity index (χ0v) is 11.6. The van der Waals surface area contributed by atoms with Crippen LogP contribution in [0.15, 0.2) is 66.9 Å². The van der Waals surface area contributed by atoms with Gasteiger partial charge in [0.2, 0.25) is 0 Å². The molecule has 0 amide bonds. The fourth-order valence-corrected chi connectivity index (χ4v) is 2.43. The van der Waals surface area contributed by atoms with Gasteiger partial charge in [0.1, 0.15) is 0 Å². The third-order valence-electron chi connectivity index (χ3n) is 3.61. The summed E-state index contributed by atoms with van der Waals surface area (Å²) in [7, 11) is 0. The average molecular weight is 262 g/mol. The Bertz CT molecular complexity index is 687. The Morgan fingerprint density at radius 2 is 1.75 bits per heavy atom. The molecule has 1 atom stereocenters. The van der Waals surface area contributed by atoms with Gasteiger partial charge in [-0.25, -0.2) is 0 Å². The number of fused-ring (bicyclic) bond motifs is 1. The highest BCUT2D eigenvalue weighted by molar-refractivity contribution is 5.81. The number of para-hydroxylation sites is 1. The van der Waals surface area contributed by atoms with Crippen LogP contribution in [0.5, 0.6) is 0 Å². The molecule has 0 saturated heterocycles. The van der Waals surface area contributed by atoms with Gasteiger partial charge in [-0.3, -0.25) is 4.98 Å². The van der Waals surface area contributed by atoms with Crippen LogP contribution in [-0.4, -0.2) is 4.98 Å². The number of nitrogens with zero attached hydrogens (tertiary/aromatic N) is 1. The van der Waals surface area contributed by atoms with Crippen LogP contribution in [0.1, 0.15) is 24.1 Å². The molecular weight excluding hydrogens is 244 g/mol. The Hall–Kier alpha value is -2.19. The van der Waals surface area contributed by atoms with E-state index in [9.17, 15) is 0 Å². The number of aromatic nitrogens is 1. The maximum absolute atomic E-state index is 4.49. The van der Waals surface area contributed by atoms with Crippen LogP contribution in [0.4, 0.5) is 0 Å². The minimum atomic E-state index is 0.329. The summed E-state index contributed by atoms with van der Waals surface area (Å²) in [4.78, 5) is 4.49. The van der Waals surface area contributed by atoms with Gasteiger partial charge < -0.3 is 5.32 Å². The third kappa shape index (κ3) is 2.70. The molecule has 0 bridgehead atoms. The molecule has 2 aromatic carbocycles. The third-order valence-corrected chi connectivity index (χ3v) is 3.61. The zero-order chi connectivity index (χ0) is 13.8. The van der Waals surface area contributed by atoms with Gasteiger partial charge >= 0.3 is 0 Å². The molecule has 3 aromatic rings. The highest BCUT2D eigenvalue weighted by atomic mass is 14.9. The van der Waals surface area contributed by atoms with Crippen LogP contribution >= 0.6 is 0 Å². The van der Waals surface area contributed by atoms with Crippen molar-refractivity contribution >= 4 is 10.9 Å². The van der Waals surface area contributed by atoms with Crippen molar-refractivity contribution < 1.29 is 0 Å². The molecule has 1 aromatic heterocycles. The first-order chi connectivity index (χ1) is 9.84. The van der Waals surface area contributed by atoms with Gasteiger partial charge in [-0.1, -0.05) is 54.6 Å². The smallest absolute Gasteiger partial charge is 0.0746 e. The van der Waals surface area contributed by atoms with Gasteiger partial charge in [0, 0.05) is 24.2 Å². The highest BCUT2D eigenvalue weighted by Gasteiger charge is 2.06. The summed E-state index contributed by atoms with van der Waals surface area (Å²) in [6.45, 7) is 3.01. The van der Waals surface area contributed by atoms with E-state index in [1.54, 1.807) is 0 Å². The van der Waals surface area contributed by atoms with Gasteiger partial charge in [-0.2, -0.15) is 0 Å². The summed E-state index contributed by atoms with van der Waals surface area (Å²) in [6.07, 6.45) is 1.85. The molecule has 1 heterocycles. The molecule has 100 valence electrons. The second-order valence-electron chi connectivity index (χ2n) is 5.01. The van der Waals surface area contributed by atoms with E-state index in [-0.39, 0.29) is 0 Å². The summed E-state index contributed by atoms with van der Waals surface area (Å²) < 4.78 is 0. The Labute approximate surface area is 119 Å². The Kier molecular flexibility index (Phi) is 3.75. The lowest BCUT2D eigenvalue weighted by molar-refractivity contribution is 0.576. The van der Waals surface area contributed by atoms with E-state index in [2.05, 4.69) is 65.8 Å². The quantitative estimate of drug-likeness (QED) is 0.766. The molecule has 2 nitrogen and oxygen atoms in total. The first kappa shape index (κ1) is 12.8. The molecule has 1 N–H and O–H groups in total. The molecule has 0 radical (unpaired) electrons. The largest absolute Gasteiger partial charge is 0.306 e. The van der Waals surface area contributed by atoms with E-state index in [1.165, 1.54) is 16.5 Å². The van der Waals surface area contributed by atoms with Crippen molar-refractivity contribution in [1.82, 2.24) is 10.3 Å². The lowest BCUT2D eigenvalue weighted by Crippen LogP contribution is -2.18. The lowest BCUT2D eigenvalue weighted by Gasteiger charge is -2.15. The number of hydrogen-bond donors (Lipinski definition) is 1. The normalized spacial score (nSPS) is 12.4. The van der Waals surface area contributed by atoms with Crippen molar-refractivity contribution in [3.63, 3.8) is 0 Å². The summed E-state index contributed by atoms with van der Waals surface area (Å²) in [6, 6.07) is 21.2. The fraction of sp³-hybridized carbons (Fsp3) is 0.167. The molecule has 0 saturated carbocycles. The van der Waals surface area contributed by atoms with Crippen LogP contribution in [0.2, 0.25) is 0 Å². The summed E-state index contributed by atoms with van der Waals surface area (Å²) >= 11 is 0. The standard InChI is InChI=1S/C18H18N2/c1-14(15-7-3-2-4-8-15)20-13-17-10-5-9-16-11-6-12-19-18(16)17/h2-12,14,20H,13H2,1H3/t14-/m0/s1. The van der Waals surface area contributed by atoms with Gasteiger partial charge in [0.05, 0.1) is 5.52 Å². The first-order valence-electron chi connectivity index (χ1n) is 6.95. The van der Waals surface area contributed by atoms with Crippen LogP contribution in [0, 0.1) is 0 Å². The number of hydrogen-bond acceptors (Lipinski definition) is 2. The maximum atomic E-state index is 4.49. The summed E-state index contributed by atoms with van der Waals surface area (Å²) in [5.74, 6) is 0. The first-order valence-corrected chi connectivity index (χ1v) is 6.95. The van der Waals surface area contributed by atoms with E-state index in [0.29, 0.717) is 6.04 Å². The van der Waals surface area contributed by atoms with Crippen molar-refractivity contribution in [3.8, 4) is 0 Å². The average Bonchev–Trinajstić information content (AvgIpc) is 2.53. The summed E-state index contributed by atoms with van der Waals surface area (Å²) in [5.41, 5.74) is 3.63. The predicted molar refractivity (Wildman–Crippen MR) is 83.4 cm³/mol. The fourth-order valence-electron chi connectivity index (χ4n) is 2.43. The van der Waals surface area contributed by atoms with Crippen molar-refractivity contribution in [2.24, 2.45) is 0 Å².